The molecule has 0 spiro atoms. The maximum absolute atomic E-state index is 12.3. The molecule has 1 aromatic carbocycles. The summed E-state index contributed by atoms with van der Waals surface area (Å²) in [5.41, 5.74) is 8.56. The molecule has 0 atom stereocenters. The second-order valence-electron chi connectivity index (χ2n) is 7.55. The monoisotopic (exact) mass is 385 g/mol. The molecule has 2 N–H and O–H groups in total. The van der Waals surface area contributed by atoms with Crippen LogP contribution in [-0.4, -0.2) is 34.9 Å². The van der Waals surface area contributed by atoms with Crippen LogP contribution in [0, 0.1) is 0 Å². The maximum atomic E-state index is 12.3. The van der Waals surface area contributed by atoms with E-state index in [9.17, 15) is 4.79 Å². The fraction of sp³-hybridized carbons (Fsp3) is 0.455. The van der Waals surface area contributed by atoms with Gasteiger partial charge < -0.3 is 10.6 Å². The average Bonchev–Trinajstić information content (AvgIpc) is 2.69. The molecule has 5 heteroatoms. The van der Waals surface area contributed by atoms with Crippen LogP contribution in [0.1, 0.15) is 43.7 Å². The number of nitrogens with zero attached hydrogens (tertiary/aromatic N) is 2. The Morgan fingerprint density at radius 3 is 2.67 bits per heavy atom. The van der Waals surface area contributed by atoms with Crippen molar-refractivity contribution in [3.05, 3.63) is 64.9 Å². The molecule has 1 aromatic heterocycles. The predicted molar refractivity (Wildman–Crippen MR) is 110 cm³/mol. The molecule has 0 radical (unpaired) electrons. The third kappa shape index (κ3) is 4.69. The van der Waals surface area contributed by atoms with Crippen LogP contribution in [0.25, 0.3) is 0 Å². The Morgan fingerprint density at radius 2 is 2.07 bits per heavy atom. The van der Waals surface area contributed by atoms with Gasteiger partial charge in [-0.1, -0.05) is 29.8 Å². The Labute approximate surface area is 166 Å². The van der Waals surface area contributed by atoms with Gasteiger partial charge in [-0.2, -0.15) is 0 Å². The molecule has 1 saturated carbocycles. The van der Waals surface area contributed by atoms with E-state index in [-0.39, 0.29) is 17.4 Å². The van der Waals surface area contributed by atoms with E-state index in [2.05, 4.69) is 17.1 Å². The van der Waals surface area contributed by atoms with Gasteiger partial charge in [0.2, 0.25) is 5.91 Å². The standard InChI is InChI=1S/C22H28ClN3O/c1-17(27)26(13-9-18-4-3-12-25-15-18)21-7-10-22(16-24,11-8-21)19-5-2-6-20(23)14-19/h2-6,12,14-15,21H,7-11,13,16,24H2,1H3. The van der Waals surface area contributed by atoms with Crippen LogP contribution in [0.3, 0.4) is 0 Å². The third-order valence-corrected chi connectivity index (χ3v) is 6.18. The van der Waals surface area contributed by atoms with Gasteiger partial charge in [-0.05, 0) is 61.4 Å². The fourth-order valence-electron chi connectivity index (χ4n) is 4.29. The second-order valence-corrected chi connectivity index (χ2v) is 7.99. The lowest BCUT2D eigenvalue weighted by molar-refractivity contribution is -0.132. The van der Waals surface area contributed by atoms with Crippen LogP contribution in [-0.2, 0) is 16.6 Å². The van der Waals surface area contributed by atoms with Crippen molar-refractivity contribution in [3.63, 3.8) is 0 Å². The minimum Gasteiger partial charge on any atom is -0.340 e. The van der Waals surface area contributed by atoms with Gasteiger partial charge in [-0.15, -0.1) is 0 Å². The lowest BCUT2D eigenvalue weighted by atomic mass is 9.68. The topological polar surface area (TPSA) is 59.2 Å². The number of halogens is 1. The maximum Gasteiger partial charge on any atom is 0.219 e. The zero-order chi connectivity index (χ0) is 19.3. The minimum atomic E-state index is -0.0345. The molecule has 0 aliphatic heterocycles. The smallest absolute Gasteiger partial charge is 0.219 e. The molecule has 1 amide bonds. The number of hydrogen-bond acceptors (Lipinski definition) is 3. The predicted octanol–water partition coefficient (Wildman–Crippen LogP) is 3.97. The first-order valence-electron chi connectivity index (χ1n) is 9.66. The highest BCUT2D eigenvalue weighted by atomic mass is 35.5. The molecule has 1 aliphatic carbocycles. The van der Waals surface area contributed by atoms with Gasteiger partial charge >= 0.3 is 0 Å². The summed E-state index contributed by atoms with van der Waals surface area (Å²) in [5, 5.41) is 0.754. The Balaban J connectivity index is 1.67. The van der Waals surface area contributed by atoms with Crippen molar-refractivity contribution in [2.45, 2.75) is 50.5 Å². The summed E-state index contributed by atoms with van der Waals surface area (Å²) in [6.45, 7) is 3.01. The van der Waals surface area contributed by atoms with Crippen LogP contribution >= 0.6 is 11.6 Å². The number of hydrogen-bond donors (Lipinski definition) is 1. The summed E-state index contributed by atoms with van der Waals surface area (Å²) in [6.07, 6.45) is 8.37. The molecule has 0 unspecified atom stereocenters. The lowest BCUT2D eigenvalue weighted by Crippen LogP contribution is -2.47. The Hall–Kier alpha value is -1.91. The van der Waals surface area contributed by atoms with Gasteiger partial charge in [-0.25, -0.2) is 0 Å². The fourth-order valence-corrected chi connectivity index (χ4v) is 4.48. The highest BCUT2D eigenvalue weighted by molar-refractivity contribution is 6.30. The zero-order valence-electron chi connectivity index (χ0n) is 15.9. The molecule has 2 aromatic rings. The summed E-state index contributed by atoms with van der Waals surface area (Å²) in [6, 6.07) is 12.3. The van der Waals surface area contributed by atoms with E-state index >= 15 is 0 Å². The molecule has 1 aliphatic rings. The number of rotatable bonds is 6. The van der Waals surface area contributed by atoms with Crippen molar-refractivity contribution in [1.82, 2.24) is 9.88 Å². The van der Waals surface area contributed by atoms with Crippen LogP contribution in [0.2, 0.25) is 5.02 Å². The summed E-state index contributed by atoms with van der Waals surface area (Å²) in [5.74, 6) is 0.145. The first-order chi connectivity index (χ1) is 13.0. The third-order valence-electron chi connectivity index (χ3n) is 5.95. The number of aromatic nitrogens is 1. The molecule has 144 valence electrons. The number of nitrogens with two attached hydrogens (primary N) is 1. The van der Waals surface area contributed by atoms with Gasteiger partial charge in [-0.3, -0.25) is 9.78 Å². The van der Waals surface area contributed by atoms with Crippen LogP contribution in [0.4, 0.5) is 0 Å². The lowest BCUT2D eigenvalue weighted by Gasteiger charge is -2.43. The quantitative estimate of drug-likeness (QED) is 0.818. The first-order valence-corrected chi connectivity index (χ1v) is 10.0. The number of carbonyl (C=O) groups is 1. The van der Waals surface area contributed by atoms with E-state index in [1.807, 2.05) is 35.4 Å². The average molecular weight is 386 g/mol. The Bertz CT molecular complexity index is 757. The molecule has 0 saturated heterocycles. The Morgan fingerprint density at radius 1 is 1.30 bits per heavy atom. The van der Waals surface area contributed by atoms with Crippen molar-refractivity contribution in [2.75, 3.05) is 13.1 Å². The van der Waals surface area contributed by atoms with E-state index in [0.717, 1.165) is 49.2 Å². The van der Waals surface area contributed by atoms with Crippen molar-refractivity contribution in [3.8, 4) is 0 Å². The van der Waals surface area contributed by atoms with E-state index in [1.165, 1.54) is 5.56 Å². The molecular formula is C22H28ClN3O. The van der Waals surface area contributed by atoms with Crippen LogP contribution in [0.15, 0.2) is 48.8 Å². The van der Waals surface area contributed by atoms with Gasteiger partial charge in [0.05, 0.1) is 0 Å². The summed E-state index contributed by atoms with van der Waals surface area (Å²) in [7, 11) is 0. The summed E-state index contributed by atoms with van der Waals surface area (Å²) in [4.78, 5) is 18.5. The number of amides is 1. The van der Waals surface area contributed by atoms with Crippen molar-refractivity contribution in [2.24, 2.45) is 5.73 Å². The van der Waals surface area contributed by atoms with Crippen LogP contribution < -0.4 is 5.73 Å². The van der Waals surface area contributed by atoms with Gasteiger partial charge in [0.25, 0.3) is 0 Å². The number of benzene rings is 1. The van der Waals surface area contributed by atoms with E-state index < -0.39 is 0 Å². The molecule has 1 heterocycles. The van der Waals surface area contributed by atoms with Gasteiger partial charge in [0, 0.05) is 48.9 Å². The van der Waals surface area contributed by atoms with E-state index in [4.69, 9.17) is 17.3 Å². The van der Waals surface area contributed by atoms with Crippen LogP contribution in [0.5, 0.6) is 0 Å². The van der Waals surface area contributed by atoms with E-state index in [1.54, 1.807) is 13.1 Å². The molecular weight excluding hydrogens is 358 g/mol. The summed E-state index contributed by atoms with van der Waals surface area (Å²) >= 11 is 6.20. The van der Waals surface area contributed by atoms with Gasteiger partial charge in [0.15, 0.2) is 0 Å². The highest BCUT2D eigenvalue weighted by Gasteiger charge is 2.38. The van der Waals surface area contributed by atoms with Crippen molar-refractivity contribution < 1.29 is 4.79 Å². The minimum absolute atomic E-state index is 0.0345. The Kier molecular flexibility index (Phi) is 6.51. The second kappa shape index (κ2) is 8.85. The zero-order valence-corrected chi connectivity index (χ0v) is 16.7. The summed E-state index contributed by atoms with van der Waals surface area (Å²) < 4.78 is 0. The molecule has 4 nitrogen and oxygen atoms in total. The molecule has 1 fully saturated rings. The molecule has 27 heavy (non-hydrogen) atoms. The van der Waals surface area contributed by atoms with E-state index in [0.29, 0.717) is 6.54 Å². The number of carbonyl (C=O) groups excluding carboxylic acids is 1. The highest BCUT2D eigenvalue weighted by Crippen LogP contribution is 2.40. The van der Waals surface area contributed by atoms with Crippen molar-refractivity contribution >= 4 is 17.5 Å². The molecule has 3 rings (SSSR count). The largest absolute Gasteiger partial charge is 0.340 e. The van der Waals surface area contributed by atoms with Gasteiger partial charge in [0.1, 0.15) is 0 Å². The number of pyridine rings is 1. The SMILES string of the molecule is CC(=O)N(CCc1cccnc1)C1CCC(CN)(c2cccc(Cl)c2)CC1. The van der Waals surface area contributed by atoms with Crippen molar-refractivity contribution in [1.29, 1.82) is 0 Å². The first kappa shape index (κ1) is 19.8. The molecule has 0 bridgehead atoms. The normalized spacial score (nSPS) is 22.4.